The van der Waals surface area contributed by atoms with E-state index in [0.29, 0.717) is 29.6 Å². The molecule has 0 bridgehead atoms. The summed E-state index contributed by atoms with van der Waals surface area (Å²) in [4.78, 5) is 24.7. The summed E-state index contributed by atoms with van der Waals surface area (Å²) in [6.07, 6.45) is 1.73. The van der Waals surface area contributed by atoms with Crippen LogP contribution in [0, 0.1) is 6.92 Å². The second kappa shape index (κ2) is 11.1. The van der Waals surface area contributed by atoms with E-state index in [-0.39, 0.29) is 24.1 Å². The molecule has 7 nitrogen and oxygen atoms in total. The summed E-state index contributed by atoms with van der Waals surface area (Å²) < 4.78 is 1.85. The molecule has 0 spiro atoms. The van der Waals surface area contributed by atoms with E-state index in [0.717, 1.165) is 11.1 Å². The maximum absolute atomic E-state index is 12.5. The lowest BCUT2D eigenvalue weighted by molar-refractivity contribution is -0.118. The van der Waals surface area contributed by atoms with Crippen LogP contribution in [0.1, 0.15) is 27.3 Å². The second-order valence-electron chi connectivity index (χ2n) is 6.85. The molecule has 2 aromatic carbocycles. The third-order valence-corrected chi connectivity index (χ3v) is 5.53. The summed E-state index contributed by atoms with van der Waals surface area (Å²) in [5.74, 6) is 0.573. The minimum absolute atomic E-state index is 0.0867. The number of hydrogen-bond acceptors (Lipinski definition) is 5. The second-order valence-corrected chi connectivity index (χ2v) is 7.79. The number of allylic oxidation sites excluding steroid dienone is 1. The number of amides is 2. The van der Waals surface area contributed by atoms with Crippen LogP contribution in [-0.2, 0) is 24.4 Å². The first-order valence-corrected chi connectivity index (χ1v) is 10.9. The molecule has 1 aromatic heterocycles. The molecule has 8 heteroatoms. The third-order valence-electron chi connectivity index (χ3n) is 4.57. The van der Waals surface area contributed by atoms with Crippen molar-refractivity contribution in [2.24, 2.45) is 0 Å². The highest BCUT2D eigenvalue weighted by Gasteiger charge is 2.15. The number of benzene rings is 2. The van der Waals surface area contributed by atoms with E-state index in [1.54, 1.807) is 12.1 Å². The van der Waals surface area contributed by atoms with Crippen LogP contribution in [0.3, 0.4) is 0 Å². The summed E-state index contributed by atoms with van der Waals surface area (Å²) in [5, 5.41) is 14.8. The number of hydrogen-bond donors (Lipinski definition) is 2. The number of nitrogens with zero attached hydrogens (tertiary/aromatic N) is 3. The predicted octanol–water partition coefficient (Wildman–Crippen LogP) is 3.11. The Morgan fingerprint density at radius 3 is 2.52 bits per heavy atom. The predicted molar refractivity (Wildman–Crippen MR) is 122 cm³/mol. The summed E-state index contributed by atoms with van der Waals surface area (Å²) in [7, 11) is 0. The highest BCUT2D eigenvalue weighted by molar-refractivity contribution is 7.99. The Labute approximate surface area is 186 Å². The van der Waals surface area contributed by atoms with Gasteiger partial charge in [0.1, 0.15) is 0 Å². The van der Waals surface area contributed by atoms with Crippen LogP contribution < -0.4 is 10.6 Å². The van der Waals surface area contributed by atoms with Crippen LogP contribution in [0.4, 0.5) is 0 Å². The van der Waals surface area contributed by atoms with Crippen molar-refractivity contribution in [1.82, 2.24) is 25.4 Å². The number of thioether (sulfide) groups is 1. The molecule has 2 amide bonds. The van der Waals surface area contributed by atoms with Gasteiger partial charge in [-0.3, -0.25) is 9.59 Å². The zero-order valence-corrected chi connectivity index (χ0v) is 18.2. The standard InChI is InChI=1S/C23H25N5O2S/c1-3-13-28-20(15-25-22(30)19-12-8-7-9-17(19)2)26-27-23(28)31-16-21(29)24-14-18-10-5-4-6-11-18/h3-12H,1,13-16H2,2H3,(H,24,29)(H,25,30). The van der Waals surface area contributed by atoms with Crippen LogP contribution in [0.5, 0.6) is 0 Å². The molecule has 3 aromatic rings. The number of aromatic nitrogens is 3. The lowest BCUT2D eigenvalue weighted by Gasteiger charge is -2.10. The fourth-order valence-electron chi connectivity index (χ4n) is 2.93. The van der Waals surface area contributed by atoms with E-state index in [1.165, 1.54) is 11.8 Å². The number of rotatable bonds is 10. The molecule has 0 atom stereocenters. The van der Waals surface area contributed by atoms with Crippen molar-refractivity contribution in [2.75, 3.05) is 5.75 Å². The number of aryl methyl sites for hydroxylation is 1. The van der Waals surface area contributed by atoms with Crippen LogP contribution in [0.15, 0.2) is 72.4 Å². The van der Waals surface area contributed by atoms with Gasteiger partial charge in [-0.1, -0.05) is 66.4 Å². The van der Waals surface area contributed by atoms with E-state index in [9.17, 15) is 9.59 Å². The SMILES string of the molecule is C=CCn1c(CNC(=O)c2ccccc2C)nnc1SCC(=O)NCc1ccccc1. The van der Waals surface area contributed by atoms with Gasteiger partial charge < -0.3 is 15.2 Å². The van der Waals surface area contributed by atoms with Gasteiger partial charge in [0.15, 0.2) is 11.0 Å². The van der Waals surface area contributed by atoms with Gasteiger partial charge in [-0.15, -0.1) is 16.8 Å². The summed E-state index contributed by atoms with van der Waals surface area (Å²) in [6, 6.07) is 17.2. The van der Waals surface area contributed by atoms with Gasteiger partial charge in [-0.25, -0.2) is 0 Å². The molecule has 31 heavy (non-hydrogen) atoms. The Balaban J connectivity index is 1.57. The Hall–Kier alpha value is -3.39. The first-order chi connectivity index (χ1) is 15.1. The van der Waals surface area contributed by atoms with Crippen LogP contribution >= 0.6 is 11.8 Å². The molecule has 3 rings (SSSR count). The zero-order valence-electron chi connectivity index (χ0n) is 17.4. The van der Waals surface area contributed by atoms with Gasteiger partial charge in [0.05, 0.1) is 12.3 Å². The van der Waals surface area contributed by atoms with E-state index in [1.807, 2.05) is 60.0 Å². The van der Waals surface area contributed by atoms with Gasteiger partial charge in [0, 0.05) is 18.7 Å². The molecule has 0 aliphatic heterocycles. The Morgan fingerprint density at radius 2 is 1.77 bits per heavy atom. The Morgan fingerprint density at radius 1 is 1.03 bits per heavy atom. The minimum atomic E-state index is -0.166. The molecule has 0 unspecified atom stereocenters. The van der Waals surface area contributed by atoms with Gasteiger partial charge in [0.25, 0.3) is 5.91 Å². The molecule has 2 N–H and O–H groups in total. The normalized spacial score (nSPS) is 10.5. The molecule has 0 radical (unpaired) electrons. The lowest BCUT2D eigenvalue weighted by Crippen LogP contribution is -2.26. The first kappa shape index (κ1) is 22.3. The van der Waals surface area contributed by atoms with Crippen molar-refractivity contribution in [2.45, 2.75) is 31.7 Å². The molecule has 0 aliphatic rings. The molecule has 1 heterocycles. The van der Waals surface area contributed by atoms with Crippen molar-refractivity contribution in [3.05, 3.63) is 89.8 Å². The van der Waals surface area contributed by atoms with E-state index < -0.39 is 0 Å². The highest BCUT2D eigenvalue weighted by Crippen LogP contribution is 2.17. The van der Waals surface area contributed by atoms with E-state index >= 15 is 0 Å². The minimum Gasteiger partial charge on any atom is -0.351 e. The largest absolute Gasteiger partial charge is 0.351 e. The fourth-order valence-corrected chi connectivity index (χ4v) is 3.73. The van der Waals surface area contributed by atoms with Gasteiger partial charge in [-0.05, 0) is 24.1 Å². The van der Waals surface area contributed by atoms with E-state index in [2.05, 4.69) is 27.4 Å². The number of carbonyl (C=O) groups is 2. The summed E-state index contributed by atoms with van der Waals surface area (Å²) in [6.45, 7) is 6.87. The summed E-state index contributed by atoms with van der Waals surface area (Å²) in [5.41, 5.74) is 2.58. The van der Waals surface area contributed by atoms with Crippen LogP contribution in [-0.4, -0.2) is 32.3 Å². The zero-order chi connectivity index (χ0) is 22.1. The topological polar surface area (TPSA) is 88.9 Å². The monoisotopic (exact) mass is 435 g/mol. The molecular formula is C23H25N5O2S. The van der Waals surface area contributed by atoms with Crippen molar-refractivity contribution in [1.29, 1.82) is 0 Å². The van der Waals surface area contributed by atoms with Gasteiger partial charge in [-0.2, -0.15) is 0 Å². The lowest BCUT2D eigenvalue weighted by atomic mass is 10.1. The number of nitrogens with one attached hydrogen (secondary N) is 2. The molecule has 0 saturated carbocycles. The van der Waals surface area contributed by atoms with Crippen molar-refractivity contribution < 1.29 is 9.59 Å². The third kappa shape index (κ3) is 6.29. The average Bonchev–Trinajstić information content (AvgIpc) is 3.17. The summed E-state index contributed by atoms with van der Waals surface area (Å²) >= 11 is 1.30. The fraction of sp³-hybridized carbons (Fsp3) is 0.217. The van der Waals surface area contributed by atoms with Crippen molar-refractivity contribution in [3.63, 3.8) is 0 Å². The maximum Gasteiger partial charge on any atom is 0.251 e. The van der Waals surface area contributed by atoms with Gasteiger partial charge in [0.2, 0.25) is 5.91 Å². The molecule has 0 saturated heterocycles. The van der Waals surface area contributed by atoms with Crippen LogP contribution in [0.25, 0.3) is 0 Å². The quantitative estimate of drug-likeness (QED) is 0.377. The molecule has 160 valence electrons. The molecule has 0 aliphatic carbocycles. The first-order valence-electron chi connectivity index (χ1n) is 9.88. The number of carbonyl (C=O) groups excluding carboxylic acids is 2. The Kier molecular flexibility index (Phi) is 8.00. The molecule has 0 fully saturated rings. The van der Waals surface area contributed by atoms with E-state index in [4.69, 9.17) is 0 Å². The smallest absolute Gasteiger partial charge is 0.251 e. The van der Waals surface area contributed by atoms with Crippen molar-refractivity contribution in [3.8, 4) is 0 Å². The highest BCUT2D eigenvalue weighted by atomic mass is 32.2. The average molecular weight is 436 g/mol. The molecular weight excluding hydrogens is 410 g/mol. The van der Waals surface area contributed by atoms with Gasteiger partial charge >= 0.3 is 0 Å². The van der Waals surface area contributed by atoms with Crippen molar-refractivity contribution >= 4 is 23.6 Å². The van der Waals surface area contributed by atoms with Crippen LogP contribution in [0.2, 0.25) is 0 Å². The Bertz CT molecular complexity index is 1050. The maximum atomic E-state index is 12.5.